The summed E-state index contributed by atoms with van der Waals surface area (Å²) in [4.78, 5) is 24.1. The van der Waals surface area contributed by atoms with Crippen LogP contribution in [0, 0.1) is 0 Å². The van der Waals surface area contributed by atoms with E-state index in [9.17, 15) is 15.0 Å². The van der Waals surface area contributed by atoms with Crippen LogP contribution in [-0.2, 0) is 9.53 Å². The van der Waals surface area contributed by atoms with E-state index in [0.29, 0.717) is 0 Å². The number of halogens is 1. The molecule has 1 amide bonds. The number of aliphatic hydroxyl groups excluding tert-OH is 3. The highest BCUT2D eigenvalue weighted by Gasteiger charge is 2.51. The summed E-state index contributed by atoms with van der Waals surface area (Å²) in [7, 11) is 0. The minimum Gasteiger partial charge on any atom is -0.394 e. The number of carbonyl (C=O) groups is 1. The van der Waals surface area contributed by atoms with Crippen LogP contribution in [-0.4, -0.2) is 80.8 Å². The van der Waals surface area contributed by atoms with Gasteiger partial charge in [-0.3, -0.25) is 9.69 Å². The summed E-state index contributed by atoms with van der Waals surface area (Å²) >= 11 is 5.95. The Morgan fingerprint density at radius 2 is 2.15 bits per heavy atom. The van der Waals surface area contributed by atoms with Crippen LogP contribution in [0.5, 0.6) is 0 Å². The minimum atomic E-state index is -1.33. The molecule has 3 heterocycles. The van der Waals surface area contributed by atoms with Gasteiger partial charge in [-0.25, -0.2) is 9.98 Å². The van der Waals surface area contributed by atoms with Crippen molar-refractivity contribution in [2.24, 2.45) is 15.0 Å². The number of hydrogen-bond donors (Lipinski definition) is 3. The summed E-state index contributed by atoms with van der Waals surface area (Å²) in [5.41, 5.74) is 0. The Hall–Kier alpha value is -1.39. The Labute approximate surface area is 117 Å². The Morgan fingerprint density at radius 1 is 1.40 bits per heavy atom. The van der Waals surface area contributed by atoms with Gasteiger partial charge in [-0.1, -0.05) is 0 Å². The molecule has 0 spiro atoms. The van der Waals surface area contributed by atoms with Crippen molar-refractivity contribution in [3.8, 4) is 0 Å². The summed E-state index contributed by atoms with van der Waals surface area (Å²) in [6.45, 7) is -0.465. The van der Waals surface area contributed by atoms with Crippen LogP contribution < -0.4 is 0 Å². The second-order valence-electron chi connectivity index (χ2n) is 4.47. The molecule has 20 heavy (non-hydrogen) atoms. The number of rotatable bonds is 2. The van der Waals surface area contributed by atoms with E-state index in [4.69, 9.17) is 21.4 Å². The molecule has 1 fully saturated rings. The summed E-state index contributed by atoms with van der Waals surface area (Å²) in [5.74, 6) is -0.354. The summed E-state index contributed by atoms with van der Waals surface area (Å²) in [6, 6.07) is -0.964. The first-order valence-electron chi connectivity index (χ1n) is 5.83. The Balaban J connectivity index is 1.91. The predicted octanol–water partition coefficient (Wildman–Crippen LogP) is -2.33. The summed E-state index contributed by atoms with van der Waals surface area (Å²) in [5, 5.41) is 28.7. The third-order valence-electron chi connectivity index (χ3n) is 3.31. The third-order valence-corrected chi connectivity index (χ3v) is 3.59. The van der Waals surface area contributed by atoms with E-state index >= 15 is 0 Å². The number of carbonyl (C=O) groups excluding carboxylic acids is 1. The number of ether oxygens (including phenoxy) is 1. The molecule has 2 unspecified atom stereocenters. The molecule has 3 rings (SSSR count). The topological polar surface area (TPSA) is 127 Å². The number of amides is 1. The first-order chi connectivity index (χ1) is 9.54. The maximum atomic E-state index is 11.6. The van der Waals surface area contributed by atoms with Gasteiger partial charge in [-0.05, 0) is 11.6 Å². The van der Waals surface area contributed by atoms with Crippen LogP contribution in [0.15, 0.2) is 15.0 Å². The third kappa shape index (κ3) is 1.86. The normalized spacial score (nSPS) is 39.9. The molecule has 0 aromatic carbocycles. The van der Waals surface area contributed by atoms with E-state index < -0.39 is 43.1 Å². The molecule has 108 valence electrons. The molecular formula is C10H11ClN4O5. The average Bonchev–Trinajstić information content (AvgIpc) is 2.90. The maximum Gasteiger partial charge on any atom is 0.279 e. The van der Waals surface area contributed by atoms with Crippen LogP contribution in [0.4, 0.5) is 0 Å². The number of nitrogens with zero attached hydrogens (tertiary/aromatic N) is 4. The summed E-state index contributed by atoms with van der Waals surface area (Å²) in [6.07, 6.45) is -3.57. The minimum absolute atomic E-state index is 0.0950. The van der Waals surface area contributed by atoms with Crippen molar-refractivity contribution in [3.63, 3.8) is 0 Å². The lowest BCUT2D eigenvalue weighted by molar-refractivity contribution is -0.117. The molecule has 3 aliphatic rings. The van der Waals surface area contributed by atoms with Crippen molar-refractivity contribution < 1.29 is 24.9 Å². The van der Waals surface area contributed by atoms with Crippen LogP contribution in [0.3, 0.4) is 0 Å². The number of hydrogen-bond acceptors (Lipinski definition) is 8. The number of fused-ring (bicyclic) bond motifs is 1. The molecule has 0 aromatic rings. The molecule has 1 saturated heterocycles. The van der Waals surface area contributed by atoms with E-state index in [1.165, 1.54) is 4.90 Å². The van der Waals surface area contributed by atoms with Crippen LogP contribution in [0.2, 0.25) is 0 Å². The molecule has 3 N–H and O–H groups in total. The van der Waals surface area contributed by atoms with Crippen molar-refractivity contribution in [1.82, 2.24) is 4.90 Å². The van der Waals surface area contributed by atoms with Gasteiger partial charge >= 0.3 is 0 Å². The van der Waals surface area contributed by atoms with Gasteiger partial charge in [-0.15, -0.1) is 0 Å². The van der Waals surface area contributed by atoms with Crippen molar-refractivity contribution in [3.05, 3.63) is 0 Å². The highest BCUT2D eigenvalue weighted by Crippen LogP contribution is 2.29. The molecule has 0 radical (unpaired) electrons. The van der Waals surface area contributed by atoms with Crippen LogP contribution in [0.1, 0.15) is 0 Å². The molecule has 0 aromatic heterocycles. The Bertz CT molecular complexity index is 536. The van der Waals surface area contributed by atoms with Crippen molar-refractivity contribution in [2.75, 3.05) is 6.61 Å². The lowest BCUT2D eigenvalue weighted by Gasteiger charge is -2.28. The van der Waals surface area contributed by atoms with E-state index in [0.717, 1.165) is 6.34 Å². The SMILES string of the molecule is O=C1N=CN=C2C1N=C(Cl)N2[C@@H]1O[C@H](CO)[C@H](O)C1O. The lowest BCUT2D eigenvalue weighted by atomic mass is 10.1. The average molecular weight is 303 g/mol. The van der Waals surface area contributed by atoms with Crippen LogP contribution in [0.25, 0.3) is 0 Å². The van der Waals surface area contributed by atoms with E-state index in [-0.39, 0.29) is 11.1 Å². The summed E-state index contributed by atoms with van der Waals surface area (Å²) < 4.78 is 5.35. The predicted molar refractivity (Wildman–Crippen MR) is 67.6 cm³/mol. The first kappa shape index (κ1) is 13.6. The fraction of sp³-hybridized carbons (Fsp3) is 0.600. The molecule has 10 heteroatoms. The molecule has 0 saturated carbocycles. The highest BCUT2D eigenvalue weighted by atomic mass is 35.5. The monoisotopic (exact) mass is 302 g/mol. The number of aliphatic hydroxyl groups is 3. The zero-order valence-corrected chi connectivity index (χ0v) is 10.8. The van der Waals surface area contributed by atoms with Crippen molar-refractivity contribution in [2.45, 2.75) is 30.6 Å². The molecule has 3 aliphatic heterocycles. The van der Waals surface area contributed by atoms with Gasteiger partial charge in [0.05, 0.1) is 6.61 Å². The van der Waals surface area contributed by atoms with E-state index in [2.05, 4.69) is 15.0 Å². The van der Waals surface area contributed by atoms with Gasteiger partial charge in [0.1, 0.15) is 30.5 Å². The van der Waals surface area contributed by atoms with Gasteiger partial charge in [0.2, 0.25) is 5.29 Å². The van der Waals surface area contributed by atoms with E-state index in [1.807, 2.05) is 0 Å². The standard InChI is InChI=1S/C10H11ClN4O5/c11-10-14-4-7(12-2-13-8(4)19)15(10)9-6(18)5(17)3(1-16)20-9/h2-6,9,16-18H,1H2/t3-,4?,5+,6?,9-/m1/s1. The molecular weight excluding hydrogens is 292 g/mol. The van der Waals surface area contributed by atoms with Crippen LogP contribution >= 0.6 is 11.6 Å². The quantitative estimate of drug-likeness (QED) is 0.491. The molecule has 0 bridgehead atoms. The van der Waals surface area contributed by atoms with E-state index in [1.54, 1.807) is 0 Å². The first-order valence-corrected chi connectivity index (χ1v) is 6.21. The van der Waals surface area contributed by atoms with Crippen molar-refractivity contribution in [1.29, 1.82) is 0 Å². The Morgan fingerprint density at radius 3 is 2.80 bits per heavy atom. The molecule has 5 atom stereocenters. The smallest absolute Gasteiger partial charge is 0.279 e. The number of amidine groups is 2. The van der Waals surface area contributed by atoms with Gasteiger partial charge in [0, 0.05) is 0 Å². The Kier molecular flexibility index (Phi) is 3.30. The van der Waals surface area contributed by atoms with Gasteiger partial charge < -0.3 is 20.1 Å². The second kappa shape index (κ2) is 4.86. The van der Waals surface area contributed by atoms with Crippen molar-refractivity contribution >= 4 is 35.0 Å². The fourth-order valence-electron chi connectivity index (χ4n) is 2.30. The van der Waals surface area contributed by atoms with Gasteiger partial charge in [0.15, 0.2) is 12.3 Å². The largest absolute Gasteiger partial charge is 0.394 e. The number of aliphatic imine (C=N–C) groups is 3. The zero-order chi connectivity index (χ0) is 14.4. The second-order valence-corrected chi connectivity index (χ2v) is 4.81. The fourth-order valence-corrected chi connectivity index (χ4v) is 2.58. The van der Waals surface area contributed by atoms with Gasteiger partial charge in [0.25, 0.3) is 5.91 Å². The zero-order valence-electron chi connectivity index (χ0n) is 10.00. The molecule has 0 aliphatic carbocycles. The lowest BCUT2D eigenvalue weighted by Crippen LogP contribution is -2.49. The maximum absolute atomic E-state index is 11.6. The van der Waals surface area contributed by atoms with Gasteiger partial charge in [-0.2, -0.15) is 4.99 Å². The molecule has 9 nitrogen and oxygen atoms in total. The highest BCUT2D eigenvalue weighted by molar-refractivity contribution is 6.67.